The number of hydrogen-bond acceptors (Lipinski definition) is 2. The lowest BCUT2D eigenvalue weighted by Crippen LogP contribution is -2.22. The second-order valence-electron chi connectivity index (χ2n) is 5.55. The van der Waals surface area contributed by atoms with Crippen LogP contribution in [0, 0.1) is 0 Å². The van der Waals surface area contributed by atoms with Crippen LogP contribution in [0.25, 0.3) is 5.70 Å². The Hall–Kier alpha value is -2.45. The molecule has 1 nitrogen and oxygen atoms in total. The summed E-state index contributed by atoms with van der Waals surface area (Å²) in [6.07, 6.45) is 0. The molecule has 0 unspecified atom stereocenters. The standard InChI is InChI=1S/C21H19NS/c1-16(22)17-12-14-20(15-13-17)21(23,18-8-4-2-5-9-18)19-10-6-3-7-11-19/h2-15,23H,1,22H2. The number of benzene rings is 3. The summed E-state index contributed by atoms with van der Waals surface area (Å²) in [7, 11) is 0. The topological polar surface area (TPSA) is 26.0 Å². The summed E-state index contributed by atoms with van der Waals surface area (Å²) in [5.74, 6) is 0. The fourth-order valence-corrected chi connectivity index (χ4v) is 3.23. The number of thiol groups is 1. The third kappa shape index (κ3) is 2.90. The fourth-order valence-electron chi connectivity index (χ4n) is 2.78. The predicted octanol–water partition coefficient (Wildman–Crippen LogP) is 4.84. The van der Waals surface area contributed by atoms with Gasteiger partial charge in [0.25, 0.3) is 0 Å². The second kappa shape index (κ2) is 6.35. The minimum Gasteiger partial charge on any atom is -0.399 e. The molecule has 0 saturated heterocycles. The van der Waals surface area contributed by atoms with Crippen LogP contribution in [0.5, 0.6) is 0 Å². The summed E-state index contributed by atoms with van der Waals surface area (Å²) < 4.78 is -0.517. The zero-order valence-corrected chi connectivity index (χ0v) is 13.7. The van der Waals surface area contributed by atoms with Gasteiger partial charge < -0.3 is 5.73 Å². The van der Waals surface area contributed by atoms with Crippen LogP contribution in [-0.2, 0) is 4.75 Å². The molecule has 0 radical (unpaired) electrons. The van der Waals surface area contributed by atoms with Crippen LogP contribution < -0.4 is 5.73 Å². The third-order valence-electron chi connectivity index (χ3n) is 4.06. The van der Waals surface area contributed by atoms with Crippen LogP contribution in [0.4, 0.5) is 0 Å². The zero-order chi connectivity index (χ0) is 16.3. The first-order valence-corrected chi connectivity index (χ1v) is 7.96. The molecule has 0 fully saturated rings. The molecule has 0 atom stereocenters. The molecule has 0 aliphatic rings. The van der Waals surface area contributed by atoms with E-state index in [4.69, 9.17) is 18.4 Å². The molecular formula is C21H19NS. The van der Waals surface area contributed by atoms with Crippen molar-refractivity contribution >= 4 is 18.3 Å². The lowest BCUT2D eigenvalue weighted by Gasteiger charge is -2.31. The van der Waals surface area contributed by atoms with Crippen LogP contribution >= 0.6 is 12.6 Å². The molecule has 3 rings (SSSR count). The summed E-state index contributed by atoms with van der Waals surface area (Å²) in [5, 5.41) is 0. The molecule has 2 heteroatoms. The third-order valence-corrected chi connectivity index (χ3v) is 4.83. The quantitative estimate of drug-likeness (QED) is 0.523. The number of hydrogen-bond donors (Lipinski definition) is 2. The maximum Gasteiger partial charge on any atom is 0.0878 e. The zero-order valence-electron chi connectivity index (χ0n) is 12.8. The smallest absolute Gasteiger partial charge is 0.0878 e. The van der Waals surface area contributed by atoms with Gasteiger partial charge >= 0.3 is 0 Å². The molecule has 114 valence electrons. The van der Waals surface area contributed by atoms with Gasteiger partial charge in [0.15, 0.2) is 0 Å². The lowest BCUT2D eigenvalue weighted by molar-refractivity contribution is 0.904. The Bertz CT molecular complexity index is 753. The average Bonchev–Trinajstić information content (AvgIpc) is 2.62. The highest BCUT2D eigenvalue weighted by atomic mass is 32.1. The van der Waals surface area contributed by atoms with Crippen molar-refractivity contribution in [2.24, 2.45) is 5.73 Å². The molecule has 0 bridgehead atoms. The van der Waals surface area contributed by atoms with Gasteiger partial charge in [0.05, 0.1) is 4.75 Å². The van der Waals surface area contributed by atoms with E-state index in [0.29, 0.717) is 5.70 Å². The van der Waals surface area contributed by atoms with Gasteiger partial charge in [0, 0.05) is 5.70 Å². The normalized spacial score (nSPS) is 11.2. The Balaban J connectivity index is 2.18. The van der Waals surface area contributed by atoms with E-state index in [1.54, 1.807) is 0 Å². The van der Waals surface area contributed by atoms with Gasteiger partial charge in [-0.3, -0.25) is 0 Å². The highest BCUT2D eigenvalue weighted by molar-refractivity contribution is 7.81. The molecule has 2 N–H and O–H groups in total. The Morgan fingerprint density at radius 2 is 1.09 bits per heavy atom. The van der Waals surface area contributed by atoms with Crippen molar-refractivity contribution < 1.29 is 0 Å². The van der Waals surface area contributed by atoms with Gasteiger partial charge in [-0.2, -0.15) is 12.6 Å². The average molecular weight is 317 g/mol. The first kappa shape index (κ1) is 15.4. The van der Waals surface area contributed by atoms with Crippen molar-refractivity contribution in [1.82, 2.24) is 0 Å². The Kier molecular flexibility index (Phi) is 4.26. The molecule has 0 heterocycles. The van der Waals surface area contributed by atoms with E-state index in [-0.39, 0.29) is 0 Å². The van der Waals surface area contributed by atoms with Crippen molar-refractivity contribution in [2.45, 2.75) is 4.75 Å². The van der Waals surface area contributed by atoms with Crippen molar-refractivity contribution in [2.75, 3.05) is 0 Å². The van der Waals surface area contributed by atoms with E-state index in [1.807, 2.05) is 48.5 Å². The maximum absolute atomic E-state index is 5.78. The molecular weight excluding hydrogens is 298 g/mol. The highest BCUT2D eigenvalue weighted by Crippen LogP contribution is 2.42. The maximum atomic E-state index is 5.78. The lowest BCUT2D eigenvalue weighted by atomic mass is 9.83. The first-order valence-electron chi connectivity index (χ1n) is 7.51. The van der Waals surface area contributed by atoms with Crippen LogP contribution in [0.2, 0.25) is 0 Å². The molecule has 0 aliphatic carbocycles. The minimum atomic E-state index is -0.517. The molecule has 3 aromatic carbocycles. The molecule has 3 aromatic rings. The molecule has 0 saturated carbocycles. The summed E-state index contributed by atoms with van der Waals surface area (Å²) in [5.41, 5.74) is 10.7. The van der Waals surface area contributed by atoms with Crippen molar-refractivity contribution in [3.63, 3.8) is 0 Å². The molecule has 0 aromatic heterocycles. The van der Waals surface area contributed by atoms with Crippen molar-refractivity contribution in [3.8, 4) is 0 Å². The predicted molar refractivity (Wildman–Crippen MR) is 101 cm³/mol. The SMILES string of the molecule is C=C(N)c1ccc(C(S)(c2ccccc2)c2ccccc2)cc1. The summed E-state index contributed by atoms with van der Waals surface area (Å²) in [6, 6.07) is 28.8. The van der Waals surface area contributed by atoms with Crippen LogP contribution in [-0.4, -0.2) is 0 Å². The second-order valence-corrected chi connectivity index (χ2v) is 6.22. The van der Waals surface area contributed by atoms with Crippen LogP contribution in [0.1, 0.15) is 22.3 Å². The molecule has 23 heavy (non-hydrogen) atoms. The van der Waals surface area contributed by atoms with Crippen LogP contribution in [0.15, 0.2) is 91.5 Å². The van der Waals surface area contributed by atoms with Gasteiger partial charge in [0.2, 0.25) is 0 Å². The van der Waals surface area contributed by atoms with Crippen molar-refractivity contribution in [3.05, 3.63) is 114 Å². The fraction of sp³-hybridized carbons (Fsp3) is 0.0476. The van der Waals surface area contributed by atoms with E-state index in [0.717, 1.165) is 22.3 Å². The van der Waals surface area contributed by atoms with E-state index in [2.05, 4.69) is 43.0 Å². The van der Waals surface area contributed by atoms with Gasteiger partial charge in [-0.15, -0.1) is 0 Å². The highest BCUT2D eigenvalue weighted by Gasteiger charge is 2.32. The Morgan fingerprint density at radius 1 is 0.696 bits per heavy atom. The van der Waals surface area contributed by atoms with Gasteiger partial charge in [-0.25, -0.2) is 0 Å². The van der Waals surface area contributed by atoms with Gasteiger partial charge in [-0.1, -0.05) is 91.5 Å². The van der Waals surface area contributed by atoms with Gasteiger partial charge in [0.1, 0.15) is 0 Å². The van der Waals surface area contributed by atoms with Gasteiger partial charge in [-0.05, 0) is 22.3 Å². The van der Waals surface area contributed by atoms with Crippen LogP contribution in [0.3, 0.4) is 0 Å². The molecule has 0 spiro atoms. The minimum absolute atomic E-state index is 0.517. The number of nitrogens with two attached hydrogens (primary N) is 1. The van der Waals surface area contributed by atoms with E-state index in [1.165, 1.54) is 0 Å². The largest absolute Gasteiger partial charge is 0.399 e. The van der Waals surface area contributed by atoms with E-state index in [9.17, 15) is 0 Å². The van der Waals surface area contributed by atoms with Crippen molar-refractivity contribution in [1.29, 1.82) is 0 Å². The molecule has 0 amide bonds. The summed E-state index contributed by atoms with van der Waals surface area (Å²) >= 11 is 5.12. The summed E-state index contributed by atoms with van der Waals surface area (Å²) in [4.78, 5) is 0. The van der Waals surface area contributed by atoms with E-state index < -0.39 is 4.75 Å². The first-order chi connectivity index (χ1) is 11.1. The summed E-state index contributed by atoms with van der Waals surface area (Å²) in [6.45, 7) is 3.79. The molecule has 0 aliphatic heterocycles. The van der Waals surface area contributed by atoms with E-state index >= 15 is 0 Å². The Labute approximate surface area is 142 Å². The number of rotatable bonds is 4. The Morgan fingerprint density at radius 3 is 1.48 bits per heavy atom. The monoisotopic (exact) mass is 317 g/mol.